The van der Waals surface area contributed by atoms with Crippen LogP contribution in [-0.2, 0) is 10.0 Å². The number of hydrogen-bond donors (Lipinski definition) is 0. The summed E-state index contributed by atoms with van der Waals surface area (Å²) in [5.41, 5.74) is 2.10. The van der Waals surface area contributed by atoms with Crippen molar-refractivity contribution in [2.24, 2.45) is 0 Å². The molecule has 0 amide bonds. The van der Waals surface area contributed by atoms with Crippen molar-refractivity contribution >= 4 is 10.0 Å². The van der Waals surface area contributed by atoms with Gasteiger partial charge in [-0.3, -0.25) is 0 Å². The lowest BCUT2D eigenvalue weighted by molar-refractivity contribution is 0.456. The third-order valence-corrected chi connectivity index (χ3v) is 5.85. The van der Waals surface area contributed by atoms with E-state index in [1.54, 1.807) is 12.1 Å². The number of ether oxygens (including phenoxy) is 1. The number of sulfonamides is 1. The molecule has 1 aromatic heterocycles. The minimum absolute atomic E-state index is 0.215. The van der Waals surface area contributed by atoms with Crippen molar-refractivity contribution in [1.82, 2.24) is 9.29 Å². The van der Waals surface area contributed by atoms with Crippen LogP contribution >= 0.6 is 0 Å². The standard InChI is InChI=1S/C17H20N2O3S/c1-13-5-6-14(2)16(11-13)22-17-8-7-15(12-18-17)23(20,21)19-9-3-4-10-19/h5-8,11-12H,3-4,9-10H2,1-2H3. The van der Waals surface area contributed by atoms with E-state index < -0.39 is 10.0 Å². The number of rotatable bonds is 4. The van der Waals surface area contributed by atoms with Crippen LogP contribution in [0.2, 0.25) is 0 Å². The first kappa shape index (κ1) is 16.0. The number of pyridine rings is 1. The minimum atomic E-state index is -3.43. The zero-order chi connectivity index (χ0) is 16.4. The average Bonchev–Trinajstić information content (AvgIpc) is 3.07. The highest BCUT2D eigenvalue weighted by Crippen LogP contribution is 2.26. The summed E-state index contributed by atoms with van der Waals surface area (Å²) < 4.78 is 32.2. The predicted molar refractivity (Wildman–Crippen MR) is 88.2 cm³/mol. The maximum absolute atomic E-state index is 12.4. The van der Waals surface area contributed by atoms with Gasteiger partial charge in [0.15, 0.2) is 0 Å². The molecule has 1 aromatic carbocycles. The van der Waals surface area contributed by atoms with E-state index in [4.69, 9.17) is 4.74 Å². The van der Waals surface area contributed by atoms with Gasteiger partial charge in [0.05, 0.1) is 6.20 Å². The predicted octanol–water partition coefficient (Wildman–Crippen LogP) is 3.28. The molecule has 0 saturated carbocycles. The normalized spacial score (nSPS) is 15.7. The Morgan fingerprint density at radius 2 is 1.83 bits per heavy atom. The van der Waals surface area contributed by atoms with Crippen LogP contribution in [0.4, 0.5) is 0 Å². The summed E-state index contributed by atoms with van der Waals surface area (Å²) >= 11 is 0. The Hall–Kier alpha value is -1.92. The quantitative estimate of drug-likeness (QED) is 0.862. The van der Waals surface area contributed by atoms with Crippen molar-refractivity contribution in [3.63, 3.8) is 0 Å². The molecule has 23 heavy (non-hydrogen) atoms. The van der Waals surface area contributed by atoms with Crippen molar-refractivity contribution < 1.29 is 13.2 Å². The van der Waals surface area contributed by atoms with E-state index in [-0.39, 0.29) is 4.90 Å². The summed E-state index contributed by atoms with van der Waals surface area (Å²) in [5, 5.41) is 0. The fourth-order valence-electron chi connectivity index (χ4n) is 2.59. The lowest BCUT2D eigenvalue weighted by Crippen LogP contribution is -2.27. The molecule has 0 radical (unpaired) electrons. The van der Waals surface area contributed by atoms with Gasteiger partial charge >= 0.3 is 0 Å². The van der Waals surface area contributed by atoms with Crippen LogP contribution in [0.25, 0.3) is 0 Å². The molecule has 2 aromatic rings. The monoisotopic (exact) mass is 332 g/mol. The molecule has 1 saturated heterocycles. The molecular weight excluding hydrogens is 312 g/mol. The van der Waals surface area contributed by atoms with Gasteiger partial charge in [-0.15, -0.1) is 0 Å². The van der Waals surface area contributed by atoms with Gasteiger partial charge in [0, 0.05) is 19.2 Å². The Morgan fingerprint density at radius 1 is 1.09 bits per heavy atom. The second-order valence-corrected chi connectivity index (χ2v) is 7.75. The first-order valence-electron chi connectivity index (χ1n) is 7.68. The molecule has 5 nitrogen and oxygen atoms in total. The Kier molecular flexibility index (Phi) is 4.37. The fourth-order valence-corrected chi connectivity index (χ4v) is 4.05. The first-order valence-corrected chi connectivity index (χ1v) is 9.12. The van der Waals surface area contributed by atoms with E-state index in [2.05, 4.69) is 4.98 Å². The maximum Gasteiger partial charge on any atom is 0.244 e. The average molecular weight is 332 g/mol. The Bertz CT molecular complexity index is 795. The topological polar surface area (TPSA) is 59.5 Å². The lowest BCUT2D eigenvalue weighted by atomic mass is 10.1. The minimum Gasteiger partial charge on any atom is -0.439 e. The number of nitrogens with zero attached hydrogens (tertiary/aromatic N) is 2. The van der Waals surface area contributed by atoms with Crippen LogP contribution in [0, 0.1) is 13.8 Å². The highest BCUT2D eigenvalue weighted by atomic mass is 32.2. The van der Waals surface area contributed by atoms with Crippen molar-refractivity contribution in [3.8, 4) is 11.6 Å². The fraction of sp³-hybridized carbons (Fsp3) is 0.353. The molecule has 1 aliphatic heterocycles. The Morgan fingerprint density at radius 3 is 2.48 bits per heavy atom. The number of aryl methyl sites for hydroxylation is 2. The maximum atomic E-state index is 12.4. The van der Waals surface area contributed by atoms with Gasteiger partial charge in [-0.25, -0.2) is 13.4 Å². The second kappa shape index (κ2) is 6.29. The first-order chi connectivity index (χ1) is 11.0. The zero-order valence-corrected chi connectivity index (χ0v) is 14.1. The van der Waals surface area contributed by atoms with E-state index in [1.165, 1.54) is 10.5 Å². The Balaban J connectivity index is 1.81. The Labute approximate surface area is 137 Å². The number of aromatic nitrogens is 1. The molecule has 0 unspecified atom stereocenters. The van der Waals surface area contributed by atoms with E-state index in [0.717, 1.165) is 29.7 Å². The molecule has 1 aliphatic rings. The van der Waals surface area contributed by atoms with Crippen molar-refractivity contribution in [2.75, 3.05) is 13.1 Å². The molecular formula is C17H20N2O3S. The van der Waals surface area contributed by atoms with Crippen LogP contribution in [0.1, 0.15) is 24.0 Å². The third-order valence-electron chi connectivity index (χ3n) is 3.97. The third kappa shape index (κ3) is 3.38. The summed E-state index contributed by atoms with van der Waals surface area (Å²) in [6.45, 7) is 5.12. The van der Waals surface area contributed by atoms with E-state index in [0.29, 0.717) is 19.0 Å². The highest BCUT2D eigenvalue weighted by molar-refractivity contribution is 7.89. The van der Waals surface area contributed by atoms with Gasteiger partial charge in [-0.1, -0.05) is 12.1 Å². The summed E-state index contributed by atoms with van der Waals surface area (Å²) in [5.74, 6) is 1.12. The van der Waals surface area contributed by atoms with Crippen LogP contribution in [0.3, 0.4) is 0 Å². The van der Waals surface area contributed by atoms with E-state index >= 15 is 0 Å². The molecule has 0 bridgehead atoms. The van der Waals surface area contributed by atoms with Crippen LogP contribution in [0.15, 0.2) is 41.4 Å². The molecule has 122 valence electrons. The number of hydrogen-bond acceptors (Lipinski definition) is 4. The lowest BCUT2D eigenvalue weighted by Gasteiger charge is -2.15. The van der Waals surface area contributed by atoms with Crippen LogP contribution < -0.4 is 4.74 Å². The van der Waals surface area contributed by atoms with Gasteiger partial charge in [0.25, 0.3) is 0 Å². The number of benzene rings is 1. The van der Waals surface area contributed by atoms with Gasteiger partial charge < -0.3 is 4.74 Å². The molecule has 2 heterocycles. The second-order valence-electron chi connectivity index (χ2n) is 5.81. The largest absolute Gasteiger partial charge is 0.439 e. The van der Waals surface area contributed by atoms with E-state index in [9.17, 15) is 8.42 Å². The van der Waals surface area contributed by atoms with Crippen molar-refractivity contribution in [2.45, 2.75) is 31.6 Å². The van der Waals surface area contributed by atoms with Gasteiger partial charge in [-0.05, 0) is 49.9 Å². The summed E-state index contributed by atoms with van der Waals surface area (Å²) in [6, 6.07) is 9.09. The zero-order valence-electron chi connectivity index (χ0n) is 13.3. The molecule has 3 rings (SSSR count). The molecule has 0 aliphatic carbocycles. The van der Waals surface area contributed by atoms with Gasteiger partial charge in [0.1, 0.15) is 10.6 Å². The highest BCUT2D eigenvalue weighted by Gasteiger charge is 2.27. The summed E-state index contributed by atoms with van der Waals surface area (Å²) in [4.78, 5) is 4.37. The van der Waals surface area contributed by atoms with Gasteiger partial charge in [0.2, 0.25) is 15.9 Å². The SMILES string of the molecule is Cc1ccc(C)c(Oc2ccc(S(=O)(=O)N3CCCC3)cn2)c1. The molecule has 1 fully saturated rings. The van der Waals surface area contributed by atoms with E-state index in [1.807, 2.05) is 32.0 Å². The van der Waals surface area contributed by atoms with Crippen LogP contribution in [-0.4, -0.2) is 30.8 Å². The molecule has 0 N–H and O–H groups in total. The smallest absolute Gasteiger partial charge is 0.244 e. The summed E-state index contributed by atoms with van der Waals surface area (Å²) in [6.07, 6.45) is 3.20. The molecule has 6 heteroatoms. The van der Waals surface area contributed by atoms with Crippen molar-refractivity contribution in [3.05, 3.63) is 47.7 Å². The van der Waals surface area contributed by atoms with Gasteiger partial charge in [-0.2, -0.15) is 4.31 Å². The molecule has 0 spiro atoms. The van der Waals surface area contributed by atoms with Crippen molar-refractivity contribution in [1.29, 1.82) is 0 Å². The van der Waals surface area contributed by atoms with Crippen LogP contribution in [0.5, 0.6) is 11.6 Å². The summed E-state index contributed by atoms with van der Waals surface area (Å²) in [7, 11) is -3.43. The molecule has 0 atom stereocenters.